The monoisotopic (exact) mass is 652 g/mol. The van der Waals surface area contributed by atoms with Gasteiger partial charge in [0.1, 0.15) is 17.3 Å². The van der Waals surface area contributed by atoms with E-state index in [-0.39, 0.29) is 39.2 Å². The number of benzene rings is 3. The highest BCUT2D eigenvalue weighted by atomic mass is 32.2. The zero-order valence-corrected chi connectivity index (χ0v) is 26.5. The summed E-state index contributed by atoms with van der Waals surface area (Å²) in [7, 11) is -1.54. The van der Waals surface area contributed by atoms with Gasteiger partial charge in [0.2, 0.25) is 10.0 Å². The summed E-state index contributed by atoms with van der Waals surface area (Å²) < 4.78 is 39.0. The highest BCUT2D eigenvalue weighted by molar-refractivity contribution is 7.89. The number of aromatic amines is 1. The first-order valence-corrected chi connectivity index (χ1v) is 16.3. The van der Waals surface area contributed by atoms with Crippen molar-refractivity contribution in [1.29, 1.82) is 5.26 Å². The molecule has 4 aromatic rings. The Morgan fingerprint density at radius 3 is 2.19 bits per heavy atom. The van der Waals surface area contributed by atoms with E-state index >= 15 is 0 Å². The molecule has 1 saturated heterocycles. The average molecular weight is 653 g/mol. The molecule has 12 nitrogen and oxygen atoms in total. The molecule has 47 heavy (non-hydrogen) atoms. The molecule has 0 saturated carbocycles. The van der Waals surface area contributed by atoms with Crippen LogP contribution in [0.25, 0.3) is 11.0 Å². The molecule has 3 heterocycles. The second kappa shape index (κ2) is 12.7. The van der Waals surface area contributed by atoms with Crippen LogP contribution in [0.3, 0.4) is 0 Å². The number of para-hydroxylation sites is 2. The predicted octanol–water partition coefficient (Wildman–Crippen LogP) is 4.03. The Labute approximate surface area is 271 Å². The van der Waals surface area contributed by atoms with Gasteiger partial charge in [0, 0.05) is 24.7 Å². The number of carbonyl (C=O) groups is 2. The summed E-state index contributed by atoms with van der Waals surface area (Å²) in [6, 6.07) is 24.3. The molecule has 0 spiro atoms. The van der Waals surface area contributed by atoms with E-state index in [1.165, 1.54) is 40.6 Å². The van der Waals surface area contributed by atoms with Crippen molar-refractivity contribution in [3.63, 3.8) is 0 Å². The van der Waals surface area contributed by atoms with Crippen LogP contribution >= 0.6 is 0 Å². The van der Waals surface area contributed by atoms with E-state index in [2.05, 4.69) is 11.1 Å². The first-order chi connectivity index (χ1) is 22.7. The summed E-state index contributed by atoms with van der Waals surface area (Å²) in [5.41, 5.74) is 8.80. The number of esters is 2. The van der Waals surface area contributed by atoms with Gasteiger partial charge in [-0.3, -0.25) is 4.90 Å². The van der Waals surface area contributed by atoms with Crippen molar-refractivity contribution in [1.82, 2.24) is 14.3 Å². The third-order valence-corrected chi connectivity index (χ3v) is 10.5. The number of nitrogens with zero attached hydrogens (tertiary/aromatic N) is 4. The molecule has 6 rings (SSSR count). The van der Waals surface area contributed by atoms with Gasteiger partial charge in [-0.15, -0.1) is 0 Å². The van der Waals surface area contributed by atoms with Gasteiger partial charge in [-0.25, -0.2) is 23.0 Å². The maximum Gasteiger partial charge on any atom is 0.355 e. The molecule has 1 aromatic heterocycles. The maximum atomic E-state index is 13.7. The lowest BCUT2D eigenvalue weighted by atomic mass is 9.81. The summed E-state index contributed by atoms with van der Waals surface area (Å²) in [6.45, 7) is 0.634. The molecular weight excluding hydrogens is 620 g/mol. The number of nitrogens with two attached hydrogens (primary N) is 1. The topological polar surface area (TPSA) is 172 Å². The van der Waals surface area contributed by atoms with Crippen molar-refractivity contribution in [3.05, 3.63) is 113 Å². The summed E-state index contributed by atoms with van der Waals surface area (Å²) in [5, 5.41) is 10.2. The molecule has 3 aromatic carbocycles. The summed E-state index contributed by atoms with van der Waals surface area (Å²) >= 11 is 0. The first kappa shape index (κ1) is 31.5. The van der Waals surface area contributed by atoms with E-state index in [1.54, 1.807) is 30.3 Å². The Morgan fingerprint density at radius 2 is 1.57 bits per heavy atom. The molecule has 0 aliphatic carbocycles. The zero-order chi connectivity index (χ0) is 33.3. The van der Waals surface area contributed by atoms with Gasteiger partial charge in [-0.1, -0.05) is 42.5 Å². The summed E-state index contributed by atoms with van der Waals surface area (Å²) in [5.74, 6) is -1.91. The third kappa shape index (κ3) is 5.62. The van der Waals surface area contributed by atoms with Gasteiger partial charge >= 0.3 is 11.9 Å². The van der Waals surface area contributed by atoms with Crippen LogP contribution in [0, 0.1) is 11.3 Å². The highest BCUT2D eigenvalue weighted by Gasteiger charge is 2.43. The Balaban J connectivity index is 1.31. The van der Waals surface area contributed by atoms with Crippen molar-refractivity contribution in [3.8, 4) is 6.07 Å². The van der Waals surface area contributed by atoms with Crippen molar-refractivity contribution in [2.75, 3.05) is 32.2 Å². The van der Waals surface area contributed by atoms with Crippen molar-refractivity contribution < 1.29 is 27.5 Å². The number of fused-ring (bicyclic) bond motifs is 1. The number of nitriles is 1. The molecule has 0 bridgehead atoms. The average Bonchev–Trinajstić information content (AvgIpc) is 3.55. The Bertz CT molecular complexity index is 2020. The van der Waals surface area contributed by atoms with E-state index < -0.39 is 27.9 Å². The van der Waals surface area contributed by atoms with Crippen LogP contribution in [-0.4, -0.2) is 61.9 Å². The van der Waals surface area contributed by atoms with Gasteiger partial charge < -0.3 is 20.2 Å². The normalized spacial score (nSPS) is 17.9. The minimum atomic E-state index is -3.87. The molecule has 2 aliphatic rings. The van der Waals surface area contributed by atoms with Crippen LogP contribution in [0.15, 0.2) is 106 Å². The van der Waals surface area contributed by atoms with Gasteiger partial charge in [-0.05, 0) is 54.8 Å². The summed E-state index contributed by atoms with van der Waals surface area (Å²) in [6.07, 6.45) is 1.21. The molecule has 0 radical (unpaired) electrons. The smallest absolute Gasteiger partial charge is 0.355 e. The Hall–Kier alpha value is -5.45. The molecular formula is C34H32N6O6S. The number of hydrogen-bond donors (Lipinski definition) is 2. The standard InChI is InChI=1S/C34H32N6O6S/c1-45-33(41)29-28(21-8-4-3-5-9-21)25(20-35)31(36)40(30(29)34(42)46-2)23-12-14-24(15-13-23)47(43,44)39-18-16-22(17-19-39)32-37-26-10-6-7-11-27(26)38-32/h3-15,22,28H,16-19,36H2,1-2H3,(H,37,38). The van der Waals surface area contributed by atoms with E-state index in [1.807, 2.05) is 24.3 Å². The fourth-order valence-corrected chi connectivity index (χ4v) is 7.70. The number of ether oxygens (including phenoxy) is 2. The minimum Gasteiger partial charge on any atom is -0.466 e. The van der Waals surface area contributed by atoms with E-state index in [0.29, 0.717) is 31.5 Å². The molecule has 1 fully saturated rings. The number of allylic oxidation sites excluding steroid dienone is 1. The number of aromatic nitrogens is 2. The molecule has 3 N–H and O–H groups in total. The first-order valence-electron chi connectivity index (χ1n) is 14.9. The number of sulfonamides is 1. The van der Waals surface area contributed by atoms with E-state index in [0.717, 1.165) is 24.0 Å². The molecule has 2 aliphatic heterocycles. The second-order valence-electron chi connectivity index (χ2n) is 11.1. The van der Waals surface area contributed by atoms with Gasteiger partial charge in [-0.2, -0.15) is 9.57 Å². The third-order valence-electron chi connectivity index (χ3n) is 8.59. The molecule has 13 heteroatoms. The second-order valence-corrected chi connectivity index (χ2v) is 13.1. The quantitative estimate of drug-likeness (QED) is 0.278. The fourth-order valence-electron chi connectivity index (χ4n) is 6.23. The predicted molar refractivity (Wildman–Crippen MR) is 173 cm³/mol. The van der Waals surface area contributed by atoms with Gasteiger partial charge in [0.25, 0.3) is 0 Å². The van der Waals surface area contributed by atoms with Crippen molar-refractivity contribution in [2.24, 2.45) is 5.73 Å². The number of methoxy groups -OCH3 is 2. The number of rotatable bonds is 7. The number of nitrogens with one attached hydrogen (secondary N) is 1. The van der Waals surface area contributed by atoms with Crippen LogP contribution in [-0.2, 0) is 29.1 Å². The number of hydrogen-bond acceptors (Lipinski definition) is 10. The van der Waals surface area contributed by atoms with E-state index in [9.17, 15) is 23.3 Å². The molecule has 1 atom stereocenters. The Morgan fingerprint density at radius 1 is 0.936 bits per heavy atom. The van der Waals surface area contributed by atoms with Crippen LogP contribution in [0.5, 0.6) is 0 Å². The lowest BCUT2D eigenvalue weighted by molar-refractivity contribution is -0.139. The number of imidazole rings is 1. The fraction of sp³-hybridized carbons (Fsp3) is 0.235. The zero-order valence-electron chi connectivity index (χ0n) is 25.7. The van der Waals surface area contributed by atoms with Gasteiger partial charge in [0.15, 0.2) is 0 Å². The number of piperidine rings is 1. The van der Waals surface area contributed by atoms with Crippen LogP contribution in [0.1, 0.15) is 36.1 Å². The SMILES string of the molecule is COC(=O)C1=C(C(=O)OC)N(c2ccc(S(=O)(=O)N3CCC(c4nc5ccccc5[nH]4)CC3)cc2)C(N)=C(C#N)C1c1ccccc1. The maximum absolute atomic E-state index is 13.7. The number of anilines is 1. The molecule has 1 unspecified atom stereocenters. The largest absolute Gasteiger partial charge is 0.466 e. The molecule has 240 valence electrons. The number of H-pyrrole nitrogens is 1. The number of carbonyl (C=O) groups excluding carboxylic acids is 2. The lowest BCUT2D eigenvalue weighted by Crippen LogP contribution is -2.41. The van der Waals surface area contributed by atoms with Crippen LogP contribution < -0.4 is 10.6 Å². The lowest BCUT2D eigenvalue weighted by Gasteiger charge is -2.36. The minimum absolute atomic E-state index is 0.00766. The molecule has 0 amide bonds. The Kier molecular flexibility index (Phi) is 8.55. The van der Waals surface area contributed by atoms with Crippen LogP contribution in [0.4, 0.5) is 5.69 Å². The van der Waals surface area contributed by atoms with Gasteiger partial charge in [0.05, 0.1) is 53.3 Å². The van der Waals surface area contributed by atoms with Crippen molar-refractivity contribution in [2.45, 2.75) is 29.6 Å². The van der Waals surface area contributed by atoms with Crippen LogP contribution in [0.2, 0.25) is 0 Å². The highest BCUT2D eigenvalue weighted by Crippen LogP contribution is 2.43. The van der Waals surface area contributed by atoms with E-state index in [4.69, 9.17) is 20.2 Å². The summed E-state index contributed by atoms with van der Waals surface area (Å²) in [4.78, 5) is 35.9. The van der Waals surface area contributed by atoms with Crippen molar-refractivity contribution >= 4 is 38.7 Å².